The predicted molar refractivity (Wildman–Crippen MR) is 31.6 cm³/mol. The Balaban J connectivity index is 2.19. The van der Waals surface area contributed by atoms with Crippen molar-refractivity contribution in [2.45, 2.75) is 6.04 Å². The van der Waals surface area contributed by atoms with E-state index in [0.717, 1.165) is 0 Å². The third-order valence-corrected chi connectivity index (χ3v) is 0.766. The van der Waals surface area contributed by atoms with Gasteiger partial charge in [-0.05, 0) is 0 Å². The molecule has 0 aromatic rings. The summed E-state index contributed by atoms with van der Waals surface area (Å²) < 4.78 is 0. The van der Waals surface area contributed by atoms with Crippen LogP contribution < -0.4 is 0 Å². The molecule has 0 aromatic heterocycles. The third-order valence-electron chi connectivity index (χ3n) is 0.766. The fourth-order valence-electron chi connectivity index (χ4n) is 0.341. The predicted octanol–water partition coefficient (Wildman–Crippen LogP) is 1.18. The van der Waals surface area contributed by atoms with Crippen LogP contribution in [0.4, 0.5) is 0 Å². The van der Waals surface area contributed by atoms with Crippen LogP contribution in [0.25, 0.3) is 0 Å². The van der Waals surface area contributed by atoms with Gasteiger partial charge < -0.3 is 0 Å². The molecule has 0 saturated carbocycles. The van der Waals surface area contributed by atoms with E-state index >= 15 is 0 Å². The minimum atomic E-state index is 0.401. The van der Waals surface area contributed by atoms with Crippen molar-refractivity contribution >= 4 is 6.21 Å². The number of aliphatic imine (C=N–C) groups is 1. The Morgan fingerprint density at radius 2 is 2.43 bits per heavy atom. The summed E-state index contributed by atoms with van der Waals surface area (Å²) in [5, 5.41) is 0. The summed E-state index contributed by atoms with van der Waals surface area (Å²) in [6.07, 6.45) is 7.53. The maximum atomic E-state index is 3.88. The molecule has 1 unspecified atom stereocenters. The highest BCUT2D eigenvalue weighted by Gasteiger charge is 2.04. The van der Waals surface area contributed by atoms with Crippen molar-refractivity contribution in [1.29, 1.82) is 0 Å². The molecule has 0 spiro atoms. The van der Waals surface area contributed by atoms with Crippen molar-refractivity contribution in [1.82, 2.24) is 0 Å². The number of rotatable bonds is 2. The van der Waals surface area contributed by atoms with Crippen LogP contribution in [0.15, 0.2) is 29.8 Å². The van der Waals surface area contributed by atoms with Gasteiger partial charge >= 0.3 is 0 Å². The lowest BCUT2D eigenvalue weighted by molar-refractivity contribution is 1.29. The molecule has 0 N–H and O–H groups in total. The smallest absolute Gasteiger partial charge is 0.103 e. The maximum absolute atomic E-state index is 3.88. The van der Waals surface area contributed by atoms with E-state index in [2.05, 4.69) is 11.6 Å². The van der Waals surface area contributed by atoms with Gasteiger partial charge in [-0.2, -0.15) is 0 Å². The Morgan fingerprint density at radius 3 is 2.86 bits per heavy atom. The largest absolute Gasteiger partial charge is 0.282 e. The molecular weight excluding hydrogens is 86.1 g/mol. The lowest BCUT2D eigenvalue weighted by Gasteiger charge is -1.70. The lowest BCUT2D eigenvalue weighted by atomic mass is 10.4. The van der Waals surface area contributed by atoms with E-state index in [9.17, 15) is 0 Å². The van der Waals surface area contributed by atoms with Crippen molar-refractivity contribution < 1.29 is 0 Å². The molecule has 1 aliphatic heterocycles. The van der Waals surface area contributed by atoms with Gasteiger partial charge in [0, 0.05) is 6.21 Å². The molecule has 7 heavy (non-hydrogen) atoms. The minimum absolute atomic E-state index is 0.401. The Kier molecular flexibility index (Phi) is 1.07. The van der Waals surface area contributed by atoms with Gasteiger partial charge in [0.1, 0.15) is 6.04 Å². The second kappa shape index (κ2) is 1.73. The number of allylic oxidation sites excluding steroid dienone is 2. The van der Waals surface area contributed by atoms with Crippen LogP contribution in [0.5, 0.6) is 0 Å². The Morgan fingerprint density at radius 1 is 1.71 bits per heavy atom. The Labute approximate surface area is 43.1 Å². The Hall–Kier alpha value is -0.850. The van der Waals surface area contributed by atoms with E-state index in [1.807, 2.05) is 18.4 Å². The average Bonchev–Trinajstić information content (AvgIpc) is 2.42. The van der Waals surface area contributed by atoms with Crippen molar-refractivity contribution in [2.24, 2.45) is 4.99 Å². The first-order chi connectivity index (χ1) is 3.43. The van der Waals surface area contributed by atoms with Gasteiger partial charge in [0.15, 0.2) is 0 Å². The van der Waals surface area contributed by atoms with Crippen molar-refractivity contribution in [3.63, 3.8) is 0 Å². The fourth-order valence-corrected chi connectivity index (χ4v) is 0.341. The van der Waals surface area contributed by atoms with Crippen LogP contribution in [-0.2, 0) is 0 Å². The van der Waals surface area contributed by atoms with Crippen molar-refractivity contribution in [3.8, 4) is 0 Å². The quantitative estimate of drug-likeness (QED) is 0.454. The van der Waals surface area contributed by atoms with Crippen molar-refractivity contribution in [3.05, 3.63) is 24.8 Å². The first-order valence-corrected chi connectivity index (χ1v) is 2.26. The first-order valence-electron chi connectivity index (χ1n) is 2.26. The summed E-state index contributed by atoms with van der Waals surface area (Å²) >= 11 is 0. The highest BCUT2D eigenvalue weighted by Crippen LogP contribution is 2.00. The summed E-state index contributed by atoms with van der Waals surface area (Å²) in [7, 11) is 0. The topological polar surface area (TPSA) is 12.4 Å². The highest BCUT2D eigenvalue weighted by atomic mass is 14.9. The molecule has 1 heteroatoms. The third kappa shape index (κ3) is 1.35. The van der Waals surface area contributed by atoms with Crippen molar-refractivity contribution in [2.75, 3.05) is 0 Å². The van der Waals surface area contributed by atoms with Crippen LogP contribution in [0.3, 0.4) is 0 Å². The zero-order chi connectivity index (χ0) is 5.11. The summed E-state index contributed by atoms with van der Waals surface area (Å²) in [5.41, 5.74) is 0. The summed E-state index contributed by atoms with van der Waals surface area (Å²) in [4.78, 5) is 3.88. The number of hydrogen-bond donors (Lipinski definition) is 0. The van der Waals surface area contributed by atoms with Crippen LogP contribution >= 0.6 is 0 Å². The first kappa shape index (κ1) is 4.31. The molecule has 0 amide bonds. The fraction of sp³-hybridized carbons (Fsp3) is 0.167. The van der Waals surface area contributed by atoms with E-state index in [4.69, 9.17) is 0 Å². The van der Waals surface area contributed by atoms with Gasteiger partial charge in [0.25, 0.3) is 0 Å². The van der Waals surface area contributed by atoms with Crippen LogP contribution in [0, 0.1) is 0 Å². The second-order valence-electron chi connectivity index (χ2n) is 1.41. The normalized spacial score (nSPS) is 26.0. The van der Waals surface area contributed by atoms with E-state index in [1.54, 1.807) is 6.08 Å². The molecule has 0 aromatic carbocycles. The lowest BCUT2D eigenvalue weighted by Crippen LogP contribution is -1.73. The van der Waals surface area contributed by atoms with Gasteiger partial charge in [0.05, 0.1) is 0 Å². The number of nitrogens with zero attached hydrogens (tertiary/aromatic N) is 1. The average molecular weight is 93.1 g/mol. The second-order valence-corrected chi connectivity index (χ2v) is 1.41. The van der Waals surface area contributed by atoms with Gasteiger partial charge in [-0.25, -0.2) is 0 Å². The van der Waals surface area contributed by atoms with Crippen LogP contribution in [0.1, 0.15) is 0 Å². The molecule has 0 aliphatic carbocycles. The van der Waals surface area contributed by atoms with E-state index < -0.39 is 0 Å². The molecule has 1 nitrogen and oxygen atoms in total. The van der Waals surface area contributed by atoms with Gasteiger partial charge in [-0.3, -0.25) is 4.99 Å². The summed E-state index contributed by atoms with van der Waals surface area (Å²) in [6, 6.07) is 0.401. The van der Waals surface area contributed by atoms with Gasteiger partial charge in [0.2, 0.25) is 0 Å². The van der Waals surface area contributed by atoms with E-state index in [-0.39, 0.29) is 0 Å². The Bertz CT molecular complexity index is 116. The zero-order valence-electron chi connectivity index (χ0n) is 4.04. The molecule has 36 valence electrons. The minimum Gasteiger partial charge on any atom is -0.282 e. The SMILES string of the molecule is C=CC=CC1C=N1. The molecule has 0 saturated heterocycles. The molecule has 1 rings (SSSR count). The maximum Gasteiger partial charge on any atom is 0.103 e. The standard InChI is InChI=1S/C6H7N/c1-2-3-4-6-5-7-6/h2-6H,1H2. The summed E-state index contributed by atoms with van der Waals surface area (Å²) in [6.45, 7) is 3.52. The number of hydrogen-bond acceptors (Lipinski definition) is 1. The molecule has 0 radical (unpaired) electrons. The molecule has 0 fully saturated rings. The molecule has 1 aliphatic rings. The van der Waals surface area contributed by atoms with E-state index in [1.165, 1.54) is 0 Å². The molecule has 1 heterocycles. The molecule has 0 bridgehead atoms. The zero-order valence-corrected chi connectivity index (χ0v) is 4.04. The van der Waals surface area contributed by atoms with Crippen LogP contribution in [-0.4, -0.2) is 12.3 Å². The molecule has 1 atom stereocenters. The summed E-state index contributed by atoms with van der Waals surface area (Å²) in [5.74, 6) is 0. The molecular formula is C6H7N. The monoisotopic (exact) mass is 93.1 g/mol. The van der Waals surface area contributed by atoms with E-state index in [0.29, 0.717) is 6.04 Å². The van der Waals surface area contributed by atoms with Gasteiger partial charge in [-0.1, -0.05) is 24.8 Å². The van der Waals surface area contributed by atoms with Gasteiger partial charge in [-0.15, -0.1) is 0 Å². The highest BCUT2D eigenvalue weighted by molar-refractivity contribution is 5.80. The van der Waals surface area contributed by atoms with Crippen LogP contribution in [0.2, 0.25) is 0 Å².